The predicted octanol–water partition coefficient (Wildman–Crippen LogP) is 1.95. The van der Waals surface area contributed by atoms with Crippen molar-refractivity contribution in [2.75, 3.05) is 26.2 Å². The van der Waals surface area contributed by atoms with Crippen LogP contribution < -0.4 is 5.32 Å². The highest BCUT2D eigenvalue weighted by Crippen LogP contribution is 2.34. The summed E-state index contributed by atoms with van der Waals surface area (Å²) in [6.07, 6.45) is 6.83. The molecule has 1 unspecified atom stereocenters. The van der Waals surface area contributed by atoms with Crippen LogP contribution >= 0.6 is 0 Å². The van der Waals surface area contributed by atoms with Crippen LogP contribution in [0.3, 0.4) is 0 Å². The molecule has 2 heterocycles. The molecule has 0 saturated carbocycles. The molecule has 16 heavy (non-hydrogen) atoms. The van der Waals surface area contributed by atoms with Crippen molar-refractivity contribution in [3.05, 3.63) is 23.7 Å². The topological polar surface area (TPSA) is 28.4 Å². The van der Waals surface area contributed by atoms with Crippen LogP contribution in [0.25, 0.3) is 0 Å². The smallest absolute Gasteiger partial charge is 0.108 e. The fourth-order valence-electron chi connectivity index (χ4n) is 3.02. The number of hydrogen-bond acceptors (Lipinski definition) is 3. The second-order valence-corrected chi connectivity index (χ2v) is 4.85. The second-order valence-electron chi connectivity index (χ2n) is 4.85. The molecular formula is C13H20N2O. The van der Waals surface area contributed by atoms with Crippen LogP contribution in [0.2, 0.25) is 0 Å². The van der Waals surface area contributed by atoms with Gasteiger partial charge in [0.05, 0.1) is 6.26 Å². The van der Waals surface area contributed by atoms with Crippen LogP contribution in [-0.4, -0.2) is 31.1 Å². The van der Waals surface area contributed by atoms with E-state index < -0.39 is 0 Å². The van der Waals surface area contributed by atoms with Gasteiger partial charge in [-0.2, -0.15) is 0 Å². The third kappa shape index (κ3) is 1.89. The zero-order chi connectivity index (χ0) is 10.8. The average molecular weight is 220 g/mol. The molecule has 3 nitrogen and oxygen atoms in total. The summed E-state index contributed by atoms with van der Waals surface area (Å²) in [7, 11) is 0. The van der Waals surface area contributed by atoms with Gasteiger partial charge in [-0.1, -0.05) is 0 Å². The summed E-state index contributed by atoms with van der Waals surface area (Å²) in [5.41, 5.74) is 1.45. The van der Waals surface area contributed by atoms with Gasteiger partial charge in [0.2, 0.25) is 0 Å². The molecule has 1 N–H and O–H groups in total. The Labute approximate surface area is 96.8 Å². The first-order chi connectivity index (χ1) is 7.95. The number of nitrogens with one attached hydrogen (secondary N) is 1. The Bertz CT molecular complexity index is 339. The Kier molecular flexibility index (Phi) is 2.98. The third-order valence-corrected chi connectivity index (χ3v) is 3.84. The summed E-state index contributed by atoms with van der Waals surface area (Å²) >= 11 is 0. The normalized spacial score (nSPS) is 27.4. The maximum absolute atomic E-state index is 5.57. The minimum atomic E-state index is 0.613. The Morgan fingerprint density at radius 2 is 2.25 bits per heavy atom. The summed E-state index contributed by atoms with van der Waals surface area (Å²) in [5.74, 6) is 1.23. The molecule has 1 aliphatic heterocycles. The molecule has 1 fully saturated rings. The minimum absolute atomic E-state index is 0.613. The SMILES string of the molecule is c1cc2c(o1)CCCC2N1CCCNCC1. The van der Waals surface area contributed by atoms with Crippen molar-refractivity contribution in [3.63, 3.8) is 0 Å². The molecule has 1 atom stereocenters. The molecular weight excluding hydrogens is 200 g/mol. The van der Waals surface area contributed by atoms with Gasteiger partial charge in [0, 0.05) is 37.7 Å². The van der Waals surface area contributed by atoms with Crippen molar-refractivity contribution < 1.29 is 4.42 Å². The lowest BCUT2D eigenvalue weighted by Crippen LogP contribution is -2.33. The van der Waals surface area contributed by atoms with E-state index in [-0.39, 0.29) is 0 Å². The van der Waals surface area contributed by atoms with Crippen molar-refractivity contribution >= 4 is 0 Å². The summed E-state index contributed by atoms with van der Waals surface area (Å²) in [6.45, 7) is 4.70. The molecule has 88 valence electrons. The van der Waals surface area contributed by atoms with Crippen LogP contribution in [0.1, 0.15) is 36.6 Å². The average Bonchev–Trinajstić information content (AvgIpc) is 2.63. The first kappa shape index (κ1) is 10.4. The highest BCUT2D eigenvalue weighted by molar-refractivity contribution is 5.24. The molecule has 1 aromatic rings. The van der Waals surface area contributed by atoms with Crippen molar-refractivity contribution in [1.82, 2.24) is 10.2 Å². The van der Waals surface area contributed by atoms with Crippen LogP contribution in [0.5, 0.6) is 0 Å². The molecule has 3 heteroatoms. The Morgan fingerprint density at radius 1 is 1.25 bits per heavy atom. The zero-order valence-corrected chi connectivity index (χ0v) is 9.74. The number of furan rings is 1. The molecule has 0 aromatic carbocycles. The van der Waals surface area contributed by atoms with E-state index in [1.54, 1.807) is 0 Å². The Hall–Kier alpha value is -0.800. The van der Waals surface area contributed by atoms with Gasteiger partial charge in [-0.25, -0.2) is 0 Å². The first-order valence-corrected chi connectivity index (χ1v) is 6.46. The van der Waals surface area contributed by atoms with E-state index in [9.17, 15) is 0 Å². The lowest BCUT2D eigenvalue weighted by atomic mass is 9.92. The number of nitrogens with zero attached hydrogens (tertiary/aromatic N) is 1. The maximum Gasteiger partial charge on any atom is 0.108 e. The monoisotopic (exact) mass is 220 g/mol. The lowest BCUT2D eigenvalue weighted by Gasteiger charge is -2.32. The molecule has 1 saturated heterocycles. The summed E-state index contributed by atoms with van der Waals surface area (Å²) < 4.78 is 5.57. The number of aryl methyl sites for hydroxylation is 1. The van der Waals surface area contributed by atoms with Gasteiger partial charge >= 0.3 is 0 Å². The van der Waals surface area contributed by atoms with Crippen molar-refractivity contribution in [2.24, 2.45) is 0 Å². The van der Waals surface area contributed by atoms with E-state index in [2.05, 4.69) is 16.3 Å². The highest BCUT2D eigenvalue weighted by Gasteiger charge is 2.27. The van der Waals surface area contributed by atoms with E-state index in [0.29, 0.717) is 6.04 Å². The van der Waals surface area contributed by atoms with E-state index in [0.717, 1.165) is 13.0 Å². The molecule has 3 rings (SSSR count). The molecule has 0 radical (unpaired) electrons. The van der Waals surface area contributed by atoms with E-state index in [4.69, 9.17) is 4.42 Å². The molecule has 1 aliphatic carbocycles. The van der Waals surface area contributed by atoms with Gasteiger partial charge in [-0.3, -0.25) is 4.90 Å². The van der Waals surface area contributed by atoms with Crippen molar-refractivity contribution in [2.45, 2.75) is 31.7 Å². The number of fused-ring (bicyclic) bond motifs is 1. The van der Waals surface area contributed by atoms with Gasteiger partial charge in [-0.05, 0) is 31.9 Å². The molecule has 1 aromatic heterocycles. The molecule has 0 bridgehead atoms. The number of hydrogen-bond donors (Lipinski definition) is 1. The lowest BCUT2D eigenvalue weighted by molar-refractivity contribution is 0.186. The third-order valence-electron chi connectivity index (χ3n) is 3.84. The van der Waals surface area contributed by atoms with Gasteiger partial charge in [0.25, 0.3) is 0 Å². The van der Waals surface area contributed by atoms with Crippen LogP contribution in [0.4, 0.5) is 0 Å². The fourth-order valence-corrected chi connectivity index (χ4v) is 3.02. The van der Waals surface area contributed by atoms with Gasteiger partial charge in [0.15, 0.2) is 0 Å². The molecule has 0 spiro atoms. The number of rotatable bonds is 1. The van der Waals surface area contributed by atoms with E-state index in [1.807, 2.05) is 6.26 Å². The maximum atomic E-state index is 5.57. The fraction of sp³-hybridized carbons (Fsp3) is 0.692. The predicted molar refractivity (Wildman–Crippen MR) is 63.4 cm³/mol. The highest BCUT2D eigenvalue weighted by atomic mass is 16.3. The molecule has 2 aliphatic rings. The van der Waals surface area contributed by atoms with Crippen molar-refractivity contribution in [1.29, 1.82) is 0 Å². The largest absolute Gasteiger partial charge is 0.469 e. The van der Waals surface area contributed by atoms with Crippen molar-refractivity contribution in [3.8, 4) is 0 Å². The van der Waals surface area contributed by atoms with Gasteiger partial charge < -0.3 is 9.73 Å². The van der Waals surface area contributed by atoms with Crippen LogP contribution in [0.15, 0.2) is 16.7 Å². The summed E-state index contributed by atoms with van der Waals surface area (Å²) in [5, 5.41) is 3.47. The Balaban J connectivity index is 1.80. The standard InChI is InChI=1S/C13H20N2O/c1-3-12(11-5-10-16-13(11)4-1)15-8-2-6-14-7-9-15/h5,10,12,14H,1-4,6-9H2. The molecule has 0 amide bonds. The van der Waals surface area contributed by atoms with E-state index in [1.165, 1.54) is 50.2 Å². The quantitative estimate of drug-likeness (QED) is 0.784. The van der Waals surface area contributed by atoms with Crippen LogP contribution in [-0.2, 0) is 6.42 Å². The second kappa shape index (κ2) is 4.60. The van der Waals surface area contributed by atoms with E-state index >= 15 is 0 Å². The first-order valence-electron chi connectivity index (χ1n) is 6.46. The zero-order valence-electron chi connectivity index (χ0n) is 9.74. The summed E-state index contributed by atoms with van der Waals surface area (Å²) in [6, 6.07) is 2.79. The van der Waals surface area contributed by atoms with Gasteiger partial charge in [-0.15, -0.1) is 0 Å². The van der Waals surface area contributed by atoms with Crippen LogP contribution in [0, 0.1) is 0 Å². The summed E-state index contributed by atoms with van der Waals surface area (Å²) in [4.78, 5) is 2.63. The van der Waals surface area contributed by atoms with Gasteiger partial charge in [0.1, 0.15) is 5.76 Å². The minimum Gasteiger partial charge on any atom is -0.469 e. The Morgan fingerprint density at radius 3 is 3.25 bits per heavy atom.